The minimum atomic E-state index is -0.530. The summed E-state index contributed by atoms with van der Waals surface area (Å²) in [6.07, 6.45) is 3.31. The topological polar surface area (TPSA) is 91.0 Å². The standard InChI is InChI=1S/C19H21N5O3/c1-3-27-19(26)16-13-21-24(15-7-5-4-6-8-15)18(16)22-17(25)10-12-23-14(2)9-11-20-23/h4-9,11,13H,3,10,12H2,1-2H3,(H,22,25). The molecule has 1 amide bonds. The Kier molecular flexibility index (Phi) is 5.65. The normalized spacial score (nSPS) is 10.6. The number of esters is 1. The number of carbonyl (C=O) groups excluding carboxylic acids is 2. The van der Waals surface area contributed by atoms with Crippen LogP contribution < -0.4 is 5.32 Å². The highest BCUT2D eigenvalue weighted by atomic mass is 16.5. The van der Waals surface area contributed by atoms with Gasteiger partial charge in [0.2, 0.25) is 5.91 Å². The predicted molar refractivity (Wildman–Crippen MR) is 99.7 cm³/mol. The molecule has 2 heterocycles. The number of benzene rings is 1. The molecule has 0 saturated heterocycles. The van der Waals surface area contributed by atoms with Crippen LogP contribution in [-0.2, 0) is 16.1 Å². The van der Waals surface area contributed by atoms with Gasteiger partial charge in [0.1, 0.15) is 5.56 Å². The predicted octanol–water partition coefficient (Wildman–Crippen LogP) is 2.58. The molecule has 0 aliphatic rings. The molecule has 0 saturated carbocycles. The van der Waals surface area contributed by atoms with E-state index in [1.807, 2.05) is 43.3 Å². The molecule has 8 nitrogen and oxygen atoms in total. The molecule has 3 rings (SSSR count). The Morgan fingerprint density at radius 1 is 1.15 bits per heavy atom. The first-order chi connectivity index (χ1) is 13.1. The van der Waals surface area contributed by atoms with Gasteiger partial charge < -0.3 is 10.1 Å². The van der Waals surface area contributed by atoms with Gasteiger partial charge in [-0.05, 0) is 32.0 Å². The summed E-state index contributed by atoms with van der Waals surface area (Å²) in [7, 11) is 0. The van der Waals surface area contributed by atoms with Gasteiger partial charge in [0, 0.05) is 24.9 Å². The Morgan fingerprint density at radius 3 is 2.59 bits per heavy atom. The number of hydrogen-bond acceptors (Lipinski definition) is 5. The molecule has 0 atom stereocenters. The molecule has 140 valence electrons. The van der Waals surface area contributed by atoms with Crippen molar-refractivity contribution < 1.29 is 14.3 Å². The number of carbonyl (C=O) groups is 2. The molecular weight excluding hydrogens is 346 g/mol. The van der Waals surface area contributed by atoms with Crippen molar-refractivity contribution in [1.82, 2.24) is 19.6 Å². The second-order valence-corrected chi connectivity index (χ2v) is 5.87. The number of nitrogens with one attached hydrogen (secondary N) is 1. The van der Waals surface area contributed by atoms with Crippen molar-refractivity contribution in [2.75, 3.05) is 11.9 Å². The van der Waals surface area contributed by atoms with Crippen molar-refractivity contribution in [3.05, 3.63) is 60.0 Å². The zero-order valence-corrected chi connectivity index (χ0v) is 15.3. The SMILES string of the molecule is CCOC(=O)c1cnn(-c2ccccc2)c1NC(=O)CCn1nccc1C. The van der Waals surface area contributed by atoms with Gasteiger partial charge in [0.25, 0.3) is 0 Å². The number of amides is 1. The lowest BCUT2D eigenvalue weighted by atomic mass is 10.3. The van der Waals surface area contributed by atoms with E-state index in [0.29, 0.717) is 12.4 Å². The van der Waals surface area contributed by atoms with Crippen LogP contribution >= 0.6 is 0 Å². The molecule has 0 radical (unpaired) electrons. The number of para-hydroxylation sites is 1. The number of ether oxygens (including phenoxy) is 1. The highest BCUT2D eigenvalue weighted by Gasteiger charge is 2.21. The Morgan fingerprint density at radius 2 is 1.93 bits per heavy atom. The summed E-state index contributed by atoms with van der Waals surface area (Å²) >= 11 is 0. The molecule has 0 spiro atoms. The average molecular weight is 367 g/mol. The van der Waals surface area contributed by atoms with E-state index < -0.39 is 5.97 Å². The number of hydrogen-bond donors (Lipinski definition) is 1. The maximum absolute atomic E-state index is 12.5. The van der Waals surface area contributed by atoms with Gasteiger partial charge in [-0.1, -0.05) is 18.2 Å². The van der Waals surface area contributed by atoms with Crippen molar-refractivity contribution in [2.45, 2.75) is 26.8 Å². The lowest BCUT2D eigenvalue weighted by molar-refractivity contribution is -0.116. The van der Waals surface area contributed by atoms with Gasteiger partial charge >= 0.3 is 5.97 Å². The van der Waals surface area contributed by atoms with Crippen LogP contribution in [0.4, 0.5) is 5.82 Å². The van der Waals surface area contributed by atoms with Crippen molar-refractivity contribution in [2.24, 2.45) is 0 Å². The molecule has 0 unspecified atom stereocenters. The van der Waals surface area contributed by atoms with Crippen molar-refractivity contribution in [1.29, 1.82) is 0 Å². The van der Waals surface area contributed by atoms with E-state index in [-0.39, 0.29) is 24.5 Å². The minimum absolute atomic E-state index is 0.212. The van der Waals surface area contributed by atoms with Crippen molar-refractivity contribution >= 4 is 17.7 Å². The van der Waals surface area contributed by atoms with E-state index in [9.17, 15) is 9.59 Å². The molecule has 2 aromatic heterocycles. The number of aromatic nitrogens is 4. The molecular formula is C19H21N5O3. The minimum Gasteiger partial charge on any atom is -0.462 e. The van der Waals surface area contributed by atoms with E-state index >= 15 is 0 Å². The Labute approximate surface area is 156 Å². The van der Waals surface area contributed by atoms with Crippen LogP contribution in [0.15, 0.2) is 48.8 Å². The first kappa shape index (κ1) is 18.4. The monoisotopic (exact) mass is 367 g/mol. The van der Waals surface area contributed by atoms with Gasteiger partial charge in [-0.2, -0.15) is 10.2 Å². The van der Waals surface area contributed by atoms with Gasteiger partial charge in [-0.25, -0.2) is 9.48 Å². The zero-order chi connectivity index (χ0) is 19.2. The van der Waals surface area contributed by atoms with E-state index in [1.54, 1.807) is 17.8 Å². The summed E-state index contributed by atoms with van der Waals surface area (Å²) in [5.74, 6) is -0.479. The third-order valence-electron chi connectivity index (χ3n) is 4.00. The summed E-state index contributed by atoms with van der Waals surface area (Å²) in [5.41, 5.74) is 1.92. The number of rotatable bonds is 7. The maximum Gasteiger partial charge on any atom is 0.343 e. The van der Waals surface area contributed by atoms with Crippen LogP contribution in [0.3, 0.4) is 0 Å². The molecule has 27 heavy (non-hydrogen) atoms. The van der Waals surface area contributed by atoms with Gasteiger partial charge in [0.05, 0.1) is 18.5 Å². The van der Waals surface area contributed by atoms with Crippen LogP contribution in [0.5, 0.6) is 0 Å². The summed E-state index contributed by atoms with van der Waals surface area (Å²) in [6, 6.07) is 11.1. The highest BCUT2D eigenvalue weighted by Crippen LogP contribution is 2.21. The molecule has 1 aromatic carbocycles. The lowest BCUT2D eigenvalue weighted by Gasteiger charge is -2.11. The Balaban J connectivity index is 1.83. The van der Waals surface area contributed by atoms with Crippen LogP contribution in [0, 0.1) is 6.92 Å². The van der Waals surface area contributed by atoms with E-state index in [1.165, 1.54) is 10.9 Å². The fourth-order valence-electron chi connectivity index (χ4n) is 2.63. The first-order valence-electron chi connectivity index (χ1n) is 8.69. The molecule has 1 N–H and O–H groups in total. The quantitative estimate of drug-likeness (QED) is 0.648. The Bertz CT molecular complexity index is 930. The van der Waals surface area contributed by atoms with Crippen molar-refractivity contribution in [3.63, 3.8) is 0 Å². The van der Waals surface area contributed by atoms with Gasteiger partial charge in [0.15, 0.2) is 5.82 Å². The number of aryl methyl sites for hydroxylation is 2. The average Bonchev–Trinajstić information content (AvgIpc) is 3.27. The van der Waals surface area contributed by atoms with Crippen LogP contribution in [-0.4, -0.2) is 38.0 Å². The van der Waals surface area contributed by atoms with Crippen LogP contribution in [0.1, 0.15) is 29.4 Å². The maximum atomic E-state index is 12.5. The summed E-state index contributed by atoms with van der Waals surface area (Å²) < 4.78 is 8.34. The van der Waals surface area contributed by atoms with Gasteiger partial charge in [-0.3, -0.25) is 9.48 Å². The van der Waals surface area contributed by atoms with E-state index in [2.05, 4.69) is 15.5 Å². The third kappa shape index (κ3) is 4.22. The Hall–Kier alpha value is -3.42. The van der Waals surface area contributed by atoms with Crippen molar-refractivity contribution in [3.8, 4) is 5.69 Å². The van der Waals surface area contributed by atoms with Gasteiger partial charge in [-0.15, -0.1) is 0 Å². The number of nitrogens with zero attached hydrogens (tertiary/aromatic N) is 4. The zero-order valence-electron chi connectivity index (χ0n) is 15.3. The summed E-state index contributed by atoms with van der Waals surface area (Å²) in [4.78, 5) is 24.7. The molecule has 0 fully saturated rings. The van der Waals surface area contributed by atoms with Crippen LogP contribution in [0.2, 0.25) is 0 Å². The second kappa shape index (κ2) is 8.31. The lowest BCUT2D eigenvalue weighted by Crippen LogP contribution is -2.19. The second-order valence-electron chi connectivity index (χ2n) is 5.87. The van der Waals surface area contributed by atoms with Crippen LogP contribution in [0.25, 0.3) is 5.69 Å². The molecule has 8 heteroatoms. The summed E-state index contributed by atoms with van der Waals surface area (Å²) in [5, 5.41) is 11.2. The summed E-state index contributed by atoms with van der Waals surface area (Å²) in [6.45, 7) is 4.33. The fourth-order valence-corrected chi connectivity index (χ4v) is 2.63. The molecule has 3 aromatic rings. The van der Waals surface area contributed by atoms with E-state index in [4.69, 9.17) is 4.74 Å². The highest BCUT2D eigenvalue weighted by molar-refractivity contribution is 6.00. The molecule has 0 aliphatic carbocycles. The molecule has 0 bridgehead atoms. The smallest absolute Gasteiger partial charge is 0.343 e. The number of anilines is 1. The third-order valence-corrected chi connectivity index (χ3v) is 4.00. The fraction of sp³-hybridized carbons (Fsp3) is 0.263. The largest absolute Gasteiger partial charge is 0.462 e. The first-order valence-corrected chi connectivity index (χ1v) is 8.69. The van der Waals surface area contributed by atoms with E-state index in [0.717, 1.165) is 11.4 Å². The molecule has 0 aliphatic heterocycles.